The van der Waals surface area contributed by atoms with E-state index in [2.05, 4.69) is 36.2 Å². The second kappa shape index (κ2) is 8.55. The SMILES string of the molecule is CC(C)=CCN1CCC(NC(=O)c2ccc(-c3nc4ccccc4s3)s2)CC1. The van der Waals surface area contributed by atoms with Crippen molar-refractivity contribution >= 4 is 38.8 Å². The van der Waals surface area contributed by atoms with Crippen LogP contribution in [0.5, 0.6) is 0 Å². The number of nitrogens with zero attached hydrogens (tertiary/aromatic N) is 2. The molecule has 0 unspecified atom stereocenters. The van der Waals surface area contributed by atoms with Gasteiger partial charge in [0.05, 0.1) is 20.0 Å². The molecule has 0 aliphatic carbocycles. The van der Waals surface area contributed by atoms with E-state index in [4.69, 9.17) is 4.98 Å². The summed E-state index contributed by atoms with van der Waals surface area (Å²) in [6.45, 7) is 7.36. The van der Waals surface area contributed by atoms with Crippen molar-refractivity contribution in [2.75, 3.05) is 19.6 Å². The third-order valence-electron chi connectivity index (χ3n) is 5.01. The van der Waals surface area contributed by atoms with Crippen LogP contribution in [-0.2, 0) is 0 Å². The third kappa shape index (κ3) is 4.51. The van der Waals surface area contributed by atoms with Crippen LogP contribution >= 0.6 is 22.7 Å². The molecule has 1 saturated heterocycles. The van der Waals surface area contributed by atoms with Crippen LogP contribution < -0.4 is 5.32 Å². The first kappa shape index (κ1) is 19.3. The maximum absolute atomic E-state index is 12.7. The van der Waals surface area contributed by atoms with Gasteiger partial charge >= 0.3 is 0 Å². The van der Waals surface area contributed by atoms with Gasteiger partial charge in [-0.2, -0.15) is 0 Å². The van der Waals surface area contributed by atoms with E-state index in [0.29, 0.717) is 0 Å². The van der Waals surface area contributed by atoms with Crippen LogP contribution in [0.3, 0.4) is 0 Å². The number of carbonyl (C=O) groups is 1. The molecule has 2 aromatic heterocycles. The highest BCUT2D eigenvalue weighted by molar-refractivity contribution is 7.26. The molecule has 0 radical (unpaired) electrons. The van der Waals surface area contributed by atoms with Crippen molar-refractivity contribution in [2.45, 2.75) is 32.7 Å². The number of thiazole rings is 1. The van der Waals surface area contributed by atoms with Gasteiger partial charge in [0.15, 0.2) is 0 Å². The number of nitrogens with one attached hydrogen (secondary N) is 1. The monoisotopic (exact) mass is 411 g/mol. The Morgan fingerprint density at radius 1 is 1.18 bits per heavy atom. The van der Waals surface area contributed by atoms with Crippen LogP contribution in [0.1, 0.15) is 36.4 Å². The number of rotatable bonds is 5. The summed E-state index contributed by atoms with van der Waals surface area (Å²) in [6.07, 6.45) is 4.30. The van der Waals surface area contributed by atoms with E-state index in [-0.39, 0.29) is 11.9 Å². The lowest BCUT2D eigenvalue weighted by Crippen LogP contribution is -2.44. The first-order chi connectivity index (χ1) is 13.6. The lowest BCUT2D eigenvalue weighted by Gasteiger charge is -2.31. The van der Waals surface area contributed by atoms with E-state index in [9.17, 15) is 4.79 Å². The van der Waals surface area contributed by atoms with Gasteiger partial charge in [-0.25, -0.2) is 4.98 Å². The standard InChI is InChI=1S/C22H25N3OS2/c1-15(2)9-12-25-13-10-16(11-14-25)23-21(26)19-7-8-20(27-19)22-24-17-5-3-4-6-18(17)28-22/h3-9,16H,10-14H2,1-2H3,(H,23,26). The smallest absolute Gasteiger partial charge is 0.261 e. The maximum atomic E-state index is 12.7. The molecule has 1 fully saturated rings. The molecule has 1 aliphatic heterocycles. The van der Waals surface area contributed by atoms with Crippen LogP contribution in [0.25, 0.3) is 20.1 Å². The second-order valence-electron chi connectivity index (χ2n) is 7.48. The maximum Gasteiger partial charge on any atom is 0.261 e. The molecule has 4 rings (SSSR count). The Morgan fingerprint density at radius 2 is 1.96 bits per heavy atom. The van der Waals surface area contributed by atoms with Gasteiger partial charge in [0.25, 0.3) is 5.91 Å². The van der Waals surface area contributed by atoms with Gasteiger partial charge in [-0.3, -0.25) is 9.69 Å². The summed E-state index contributed by atoms with van der Waals surface area (Å²) in [5.41, 5.74) is 2.37. The second-order valence-corrected chi connectivity index (χ2v) is 9.59. The van der Waals surface area contributed by atoms with Crippen molar-refractivity contribution in [3.05, 3.63) is 52.9 Å². The van der Waals surface area contributed by atoms with Gasteiger partial charge in [-0.1, -0.05) is 23.8 Å². The minimum atomic E-state index is 0.0418. The topological polar surface area (TPSA) is 45.2 Å². The van der Waals surface area contributed by atoms with Crippen molar-refractivity contribution in [1.82, 2.24) is 15.2 Å². The fraction of sp³-hybridized carbons (Fsp3) is 0.364. The molecule has 3 heterocycles. The van der Waals surface area contributed by atoms with E-state index in [1.54, 1.807) is 11.3 Å². The van der Waals surface area contributed by atoms with Gasteiger partial charge in [0, 0.05) is 25.7 Å². The van der Waals surface area contributed by atoms with Gasteiger partial charge < -0.3 is 5.32 Å². The average molecular weight is 412 g/mol. The third-order valence-corrected chi connectivity index (χ3v) is 7.30. The van der Waals surface area contributed by atoms with Crippen LogP contribution in [0.4, 0.5) is 0 Å². The number of carbonyl (C=O) groups excluding carboxylic acids is 1. The lowest BCUT2D eigenvalue weighted by atomic mass is 10.0. The predicted octanol–water partition coefficient (Wildman–Crippen LogP) is 5.19. The number of allylic oxidation sites excluding steroid dienone is 1. The van der Waals surface area contributed by atoms with Crippen molar-refractivity contribution < 1.29 is 4.79 Å². The Bertz CT molecular complexity index is 959. The number of likely N-dealkylation sites (tertiary alicyclic amines) is 1. The van der Waals surface area contributed by atoms with Crippen molar-refractivity contribution in [3.8, 4) is 9.88 Å². The van der Waals surface area contributed by atoms with Crippen molar-refractivity contribution in [1.29, 1.82) is 0 Å². The molecule has 1 aromatic carbocycles. The van der Waals surface area contributed by atoms with E-state index in [1.165, 1.54) is 21.6 Å². The number of hydrogen-bond acceptors (Lipinski definition) is 5. The molecule has 1 amide bonds. The highest BCUT2D eigenvalue weighted by atomic mass is 32.1. The Labute approximate surface area is 173 Å². The molecular weight excluding hydrogens is 386 g/mol. The number of aromatic nitrogens is 1. The van der Waals surface area contributed by atoms with Gasteiger partial charge in [0.2, 0.25) is 0 Å². The van der Waals surface area contributed by atoms with E-state index in [1.807, 2.05) is 30.3 Å². The van der Waals surface area contributed by atoms with Crippen molar-refractivity contribution in [3.63, 3.8) is 0 Å². The fourth-order valence-corrected chi connectivity index (χ4v) is 5.31. The lowest BCUT2D eigenvalue weighted by molar-refractivity contribution is 0.0918. The van der Waals surface area contributed by atoms with Crippen LogP contribution in [0, 0.1) is 0 Å². The molecule has 28 heavy (non-hydrogen) atoms. The molecule has 3 aromatic rings. The number of piperidine rings is 1. The predicted molar refractivity (Wildman–Crippen MR) is 119 cm³/mol. The molecule has 1 aliphatic rings. The number of para-hydroxylation sites is 1. The quantitative estimate of drug-likeness (QED) is 0.588. The molecule has 0 saturated carbocycles. The van der Waals surface area contributed by atoms with Gasteiger partial charge in [0.1, 0.15) is 5.01 Å². The Morgan fingerprint density at radius 3 is 2.71 bits per heavy atom. The summed E-state index contributed by atoms with van der Waals surface area (Å²) in [6, 6.07) is 12.4. The highest BCUT2D eigenvalue weighted by Crippen LogP contribution is 2.34. The number of thiophene rings is 1. The molecule has 1 N–H and O–H groups in total. The van der Waals surface area contributed by atoms with Crippen LogP contribution in [-0.4, -0.2) is 41.5 Å². The first-order valence-electron chi connectivity index (χ1n) is 9.71. The minimum Gasteiger partial charge on any atom is -0.349 e. The summed E-state index contributed by atoms with van der Waals surface area (Å²) in [7, 11) is 0. The normalized spacial score (nSPS) is 15.6. The fourth-order valence-electron chi connectivity index (χ4n) is 3.38. The van der Waals surface area contributed by atoms with Gasteiger partial charge in [-0.05, 0) is 51.0 Å². The highest BCUT2D eigenvalue weighted by Gasteiger charge is 2.21. The molecule has 146 valence electrons. The summed E-state index contributed by atoms with van der Waals surface area (Å²) >= 11 is 3.20. The number of fused-ring (bicyclic) bond motifs is 1. The van der Waals surface area contributed by atoms with Gasteiger partial charge in [-0.15, -0.1) is 22.7 Å². The molecule has 4 nitrogen and oxygen atoms in total. The number of benzene rings is 1. The van der Waals surface area contributed by atoms with E-state index < -0.39 is 0 Å². The molecule has 6 heteroatoms. The zero-order valence-electron chi connectivity index (χ0n) is 16.3. The molecule has 0 bridgehead atoms. The molecular formula is C22H25N3OS2. The summed E-state index contributed by atoms with van der Waals surface area (Å²) in [4.78, 5) is 21.7. The zero-order valence-corrected chi connectivity index (χ0v) is 17.9. The van der Waals surface area contributed by atoms with E-state index >= 15 is 0 Å². The zero-order chi connectivity index (χ0) is 19.5. The number of hydrogen-bond donors (Lipinski definition) is 1. The van der Waals surface area contributed by atoms with Crippen LogP contribution in [0.15, 0.2) is 48.0 Å². The first-order valence-corrected chi connectivity index (χ1v) is 11.3. The number of amides is 1. The average Bonchev–Trinajstić information content (AvgIpc) is 3.34. The molecule has 0 spiro atoms. The summed E-state index contributed by atoms with van der Waals surface area (Å²) in [5.74, 6) is 0.0418. The van der Waals surface area contributed by atoms with Crippen LogP contribution in [0.2, 0.25) is 0 Å². The Balaban J connectivity index is 1.35. The largest absolute Gasteiger partial charge is 0.349 e. The van der Waals surface area contributed by atoms with Crippen molar-refractivity contribution in [2.24, 2.45) is 0 Å². The minimum absolute atomic E-state index is 0.0418. The van der Waals surface area contributed by atoms with E-state index in [0.717, 1.165) is 52.8 Å². The summed E-state index contributed by atoms with van der Waals surface area (Å²) in [5, 5.41) is 4.21. The Kier molecular flexibility index (Phi) is 5.90. The molecule has 0 atom stereocenters. The Hall–Kier alpha value is -2.02. The summed E-state index contributed by atoms with van der Waals surface area (Å²) < 4.78 is 1.18.